The molecule has 2 aromatic rings. The summed E-state index contributed by atoms with van der Waals surface area (Å²) in [5, 5.41) is 17.1. The third-order valence-electron chi connectivity index (χ3n) is 4.50. The molecule has 3 N–H and O–H groups in total. The minimum Gasteiger partial charge on any atom is -0.388 e. The minimum atomic E-state index is -1.18. The number of aromatic amines is 2. The molecule has 0 unspecified atom stereocenters. The second-order valence-corrected chi connectivity index (χ2v) is 6.32. The number of rotatable bonds is 2. The molecule has 128 valence electrons. The summed E-state index contributed by atoms with van der Waals surface area (Å²) in [5.41, 5.74) is -1.54. The van der Waals surface area contributed by atoms with E-state index in [-0.39, 0.29) is 12.5 Å². The fourth-order valence-corrected chi connectivity index (χ4v) is 2.96. The molecule has 1 fully saturated rings. The number of aryl methyl sites for hydroxylation is 1. The summed E-state index contributed by atoms with van der Waals surface area (Å²) in [7, 11) is 0. The monoisotopic (exact) mass is 333 g/mol. The van der Waals surface area contributed by atoms with Crippen LogP contribution in [0.15, 0.2) is 28.0 Å². The first kappa shape index (κ1) is 16.2. The molecule has 0 saturated carbocycles. The van der Waals surface area contributed by atoms with Gasteiger partial charge in [0.05, 0.1) is 11.6 Å². The zero-order valence-electron chi connectivity index (χ0n) is 13.4. The number of carbonyl (C=O) groups excluding carboxylic acids is 1. The van der Waals surface area contributed by atoms with Gasteiger partial charge in [-0.2, -0.15) is 5.10 Å². The third-order valence-corrected chi connectivity index (χ3v) is 4.50. The Balaban J connectivity index is 1.96. The van der Waals surface area contributed by atoms with Crippen LogP contribution in [0.2, 0.25) is 0 Å². The maximum absolute atomic E-state index is 12.5. The van der Waals surface area contributed by atoms with Gasteiger partial charge < -0.3 is 10.0 Å². The topological polar surface area (TPSA) is 124 Å². The van der Waals surface area contributed by atoms with E-state index in [1.165, 1.54) is 17.0 Å². The molecule has 0 aliphatic carbocycles. The Bertz CT molecular complexity index is 865. The van der Waals surface area contributed by atoms with Gasteiger partial charge in [-0.05, 0) is 26.3 Å². The molecule has 2 aromatic heterocycles. The van der Waals surface area contributed by atoms with Crippen LogP contribution in [0.5, 0.6) is 0 Å². The minimum absolute atomic E-state index is 0.149. The number of nitrogens with zero attached hydrogens (tertiary/aromatic N) is 3. The summed E-state index contributed by atoms with van der Waals surface area (Å²) in [4.78, 5) is 40.0. The van der Waals surface area contributed by atoms with Crippen LogP contribution < -0.4 is 11.2 Å². The Morgan fingerprint density at radius 2 is 2.21 bits per heavy atom. The number of aromatic nitrogens is 4. The van der Waals surface area contributed by atoms with Gasteiger partial charge in [0.1, 0.15) is 5.69 Å². The highest BCUT2D eigenvalue weighted by molar-refractivity contribution is 5.92. The van der Waals surface area contributed by atoms with Gasteiger partial charge in [0.15, 0.2) is 0 Å². The number of carbonyl (C=O) groups is 1. The zero-order chi connectivity index (χ0) is 17.5. The molecule has 1 saturated heterocycles. The van der Waals surface area contributed by atoms with Crippen molar-refractivity contribution < 1.29 is 9.90 Å². The lowest BCUT2D eigenvalue weighted by atomic mass is 9.88. The number of piperidine rings is 1. The van der Waals surface area contributed by atoms with Crippen molar-refractivity contribution in [1.29, 1.82) is 0 Å². The Labute approximate surface area is 136 Å². The second-order valence-electron chi connectivity index (χ2n) is 6.32. The van der Waals surface area contributed by atoms with Crippen LogP contribution in [0.25, 0.3) is 0 Å². The van der Waals surface area contributed by atoms with Gasteiger partial charge in [0.2, 0.25) is 0 Å². The SMILES string of the molecule is Cc1cn([C@@H]2CN(C(=O)c3ccn[nH]3)CC[C@@]2(C)O)c(=O)[nH]c1=O. The van der Waals surface area contributed by atoms with Gasteiger partial charge >= 0.3 is 5.69 Å². The van der Waals surface area contributed by atoms with Gasteiger partial charge in [0.25, 0.3) is 11.5 Å². The summed E-state index contributed by atoms with van der Waals surface area (Å²) in [6.45, 7) is 3.72. The number of hydrogen-bond acceptors (Lipinski definition) is 5. The maximum atomic E-state index is 12.5. The highest BCUT2D eigenvalue weighted by Gasteiger charge is 2.41. The summed E-state index contributed by atoms with van der Waals surface area (Å²) < 4.78 is 1.29. The normalized spacial score (nSPS) is 24.1. The Morgan fingerprint density at radius 1 is 1.46 bits per heavy atom. The Kier molecular flexibility index (Phi) is 3.88. The van der Waals surface area contributed by atoms with Crippen molar-refractivity contribution in [3.8, 4) is 0 Å². The van der Waals surface area contributed by atoms with Crippen LogP contribution in [-0.2, 0) is 0 Å². The van der Waals surface area contributed by atoms with Crippen molar-refractivity contribution in [3.63, 3.8) is 0 Å². The van der Waals surface area contributed by atoms with Gasteiger partial charge in [-0.1, -0.05) is 0 Å². The number of H-pyrrole nitrogens is 2. The van der Waals surface area contributed by atoms with E-state index in [1.807, 2.05) is 0 Å². The average Bonchev–Trinajstić information content (AvgIpc) is 3.05. The molecule has 24 heavy (non-hydrogen) atoms. The fraction of sp³-hybridized carbons (Fsp3) is 0.467. The van der Waals surface area contributed by atoms with Gasteiger partial charge in [0, 0.05) is 31.0 Å². The van der Waals surface area contributed by atoms with Crippen LogP contribution in [0.1, 0.15) is 35.4 Å². The molecule has 3 heterocycles. The smallest absolute Gasteiger partial charge is 0.328 e. The summed E-state index contributed by atoms with van der Waals surface area (Å²) in [5.74, 6) is -0.248. The molecule has 9 nitrogen and oxygen atoms in total. The molecule has 1 aliphatic heterocycles. The number of likely N-dealkylation sites (tertiary alicyclic amines) is 1. The van der Waals surface area contributed by atoms with E-state index < -0.39 is 22.9 Å². The van der Waals surface area contributed by atoms with Crippen molar-refractivity contribution in [2.75, 3.05) is 13.1 Å². The Hall–Kier alpha value is -2.68. The molecule has 0 radical (unpaired) electrons. The maximum Gasteiger partial charge on any atom is 0.328 e. The average molecular weight is 333 g/mol. The lowest BCUT2D eigenvalue weighted by molar-refractivity contribution is -0.0461. The lowest BCUT2D eigenvalue weighted by Gasteiger charge is -2.43. The van der Waals surface area contributed by atoms with Gasteiger partial charge in [-0.15, -0.1) is 0 Å². The highest BCUT2D eigenvalue weighted by Crippen LogP contribution is 2.31. The largest absolute Gasteiger partial charge is 0.388 e. The van der Waals surface area contributed by atoms with Crippen molar-refractivity contribution in [1.82, 2.24) is 24.6 Å². The van der Waals surface area contributed by atoms with E-state index in [0.717, 1.165) is 0 Å². The molecular formula is C15H19N5O4. The van der Waals surface area contributed by atoms with E-state index in [2.05, 4.69) is 15.2 Å². The van der Waals surface area contributed by atoms with Crippen LogP contribution >= 0.6 is 0 Å². The van der Waals surface area contributed by atoms with Crippen molar-refractivity contribution in [3.05, 3.63) is 50.6 Å². The van der Waals surface area contributed by atoms with Crippen molar-refractivity contribution >= 4 is 5.91 Å². The number of amides is 1. The molecule has 1 aliphatic rings. The predicted octanol–water partition coefficient (Wildman–Crippen LogP) is -0.594. The van der Waals surface area contributed by atoms with Crippen molar-refractivity contribution in [2.24, 2.45) is 0 Å². The molecule has 0 bridgehead atoms. The number of aliphatic hydroxyl groups is 1. The standard InChI is InChI=1S/C15H19N5O4/c1-9-7-20(14(23)17-12(9)21)11-8-19(6-4-15(11,2)24)13(22)10-3-5-16-18-10/h3,5,7,11,24H,4,6,8H2,1-2H3,(H,16,18)(H,17,21,23)/t11-,15-/m1/s1. The van der Waals surface area contributed by atoms with Crippen LogP contribution in [-0.4, -0.2) is 54.4 Å². The summed E-state index contributed by atoms with van der Waals surface area (Å²) in [6, 6.07) is 0.904. The van der Waals surface area contributed by atoms with E-state index >= 15 is 0 Å². The predicted molar refractivity (Wildman–Crippen MR) is 84.8 cm³/mol. The van der Waals surface area contributed by atoms with E-state index in [1.54, 1.807) is 24.8 Å². The van der Waals surface area contributed by atoms with Crippen LogP contribution in [0.3, 0.4) is 0 Å². The number of nitrogens with one attached hydrogen (secondary N) is 2. The Morgan fingerprint density at radius 3 is 2.88 bits per heavy atom. The molecular weight excluding hydrogens is 314 g/mol. The van der Waals surface area contributed by atoms with Crippen LogP contribution in [0.4, 0.5) is 0 Å². The van der Waals surface area contributed by atoms with E-state index in [4.69, 9.17) is 0 Å². The molecule has 2 atom stereocenters. The molecule has 0 spiro atoms. The molecule has 9 heteroatoms. The summed E-state index contributed by atoms with van der Waals surface area (Å²) in [6.07, 6.45) is 3.22. The lowest BCUT2D eigenvalue weighted by Crippen LogP contribution is -2.55. The molecule has 3 rings (SSSR count). The fourth-order valence-electron chi connectivity index (χ4n) is 2.96. The number of hydrogen-bond donors (Lipinski definition) is 3. The zero-order valence-corrected chi connectivity index (χ0v) is 13.4. The first-order valence-corrected chi connectivity index (χ1v) is 7.63. The first-order chi connectivity index (χ1) is 11.3. The summed E-state index contributed by atoms with van der Waals surface area (Å²) >= 11 is 0. The van der Waals surface area contributed by atoms with Crippen molar-refractivity contribution in [2.45, 2.75) is 31.9 Å². The molecule has 1 amide bonds. The van der Waals surface area contributed by atoms with E-state index in [0.29, 0.717) is 24.2 Å². The highest BCUT2D eigenvalue weighted by atomic mass is 16.3. The van der Waals surface area contributed by atoms with Gasteiger partial charge in [-0.3, -0.25) is 24.2 Å². The van der Waals surface area contributed by atoms with Gasteiger partial charge in [-0.25, -0.2) is 4.79 Å². The molecule has 0 aromatic carbocycles. The third kappa shape index (κ3) is 2.78. The first-order valence-electron chi connectivity index (χ1n) is 7.63. The second kappa shape index (κ2) is 5.75. The van der Waals surface area contributed by atoms with Crippen LogP contribution in [0, 0.1) is 6.92 Å². The van der Waals surface area contributed by atoms with E-state index in [9.17, 15) is 19.5 Å². The quantitative estimate of drug-likeness (QED) is 0.677.